The van der Waals surface area contributed by atoms with Crippen LogP contribution in [0.25, 0.3) is 0 Å². The number of thiol groups is 1. The van der Waals surface area contributed by atoms with Crippen molar-refractivity contribution in [1.29, 1.82) is 0 Å². The molecule has 0 saturated carbocycles. The zero-order valence-corrected chi connectivity index (χ0v) is 30.6. The van der Waals surface area contributed by atoms with Crippen molar-refractivity contribution in [3.63, 3.8) is 0 Å². The van der Waals surface area contributed by atoms with Gasteiger partial charge in [0.15, 0.2) is 0 Å². The van der Waals surface area contributed by atoms with Gasteiger partial charge in [0.25, 0.3) is 0 Å². The fourth-order valence-electron chi connectivity index (χ4n) is 5.91. The lowest BCUT2D eigenvalue weighted by molar-refractivity contribution is -0.157. The van der Waals surface area contributed by atoms with Crippen LogP contribution in [0.15, 0.2) is 0 Å². The highest BCUT2D eigenvalue weighted by Crippen LogP contribution is 2.16. The van der Waals surface area contributed by atoms with Gasteiger partial charge in [0.05, 0.1) is 0 Å². The summed E-state index contributed by atoms with van der Waals surface area (Å²) < 4.78 is 10.9. The first-order valence-corrected chi connectivity index (χ1v) is 20.2. The molecule has 0 unspecified atom stereocenters. The predicted molar refractivity (Wildman–Crippen MR) is 194 cm³/mol. The Morgan fingerprint density at radius 2 is 0.705 bits per heavy atom. The highest BCUT2D eigenvalue weighted by Gasteiger charge is 2.15. The van der Waals surface area contributed by atoms with Crippen LogP contribution in [-0.2, 0) is 19.1 Å². The van der Waals surface area contributed by atoms with Crippen LogP contribution in [0.2, 0.25) is 0 Å². The van der Waals surface area contributed by atoms with Crippen molar-refractivity contribution < 1.29 is 19.1 Å². The molecule has 44 heavy (non-hydrogen) atoms. The maximum Gasteiger partial charge on any atom is 0.306 e. The molecular formula is C39H76O4S. The number of rotatable bonds is 36. The molecule has 5 heteroatoms. The van der Waals surface area contributed by atoms with Gasteiger partial charge in [-0.2, -0.15) is 12.6 Å². The molecule has 0 amide bonds. The van der Waals surface area contributed by atoms with Gasteiger partial charge in [0.2, 0.25) is 0 Å². The molecule has 0 fully saturated rings. The summed E-state index contributed by atoms with van der Waals surface area (Å²) in [5, 5.41) is 0. The van der Waals surface area contributed by atoms with E-state index in [0.717, 1.165) is 25.7 Å². The molecule has 4 nitrogen and oxygen atoms in total. The van der Waals surface area contributed by atoms with Crippen molar-refractivity contribution in [1.82, 2.24) is 0 Å². The summed E-state index contributed by atoms with van der Waals surface area (Å²) in [6.45, 7) is 4.67. The van der Waals surface area contributed by atoms with E-state index in [9.17, 15) is 9.59 Å². The van der Waals surface area contributed by atoms with E-state index in [-0.39, 0.29) is 18.5 Å². The smallest absolute Gasteiger partial charge is 0.306 e. The van der Waals surface area contributed by atoms with E-state index in [4.69, 9.17) is 9.47 Å². The monoisotopic (exact) mass is 641 g/mol. The SMILES string of the molecule is CCCCCCCCCCCCCCCCCC(=O)OC[C@H](CS)OC(=O)CCCCCCCCCCCCCCCCC. The number of carbonyl (C=O) groups is 2. The Hall–Kier alpha value is -0.710. The van der Waals surface area contributed by atoms with Crippen LogP contribution in [-0.4, -0.2) is 30.4 Å². The Balaban J connectivity index is 3.49. The van der Waals surface area contributed by atoms with E-state index in [1.54, 1.807) is 0 Å². The van der Waals surface area contributed by atoms with Gasteiger partial charge in [-0.05, 0) is 12.8 Å². The summed E-state index contributed by atoms with van der Waals surface area (Å²) in [6, 6.07) is 0. The summed E-state index contributed by atoms with van der Waals surface area (Å²) in [6.07, 6.45) is 39.7. The van der Waals surface area contributed by atoms with Crippen molar-refractivity contribution >= 4 is 24.6 Å². The van der Waals surface area contributed by atoms with Gasteiger partial charge < -0.3 is 9.47 Å². The summed E-state index contributed by atoms with van der Waals surface area (Å²) >= 11 is 4.29. The number of hydrogen-bond acceptors (Lipinski definition) is 5. The normalized spacial score (nSPS) is 12.0. The Morgan fingerprint density at radius 1 is 0.432 bits per heavy atom. The first-order valence-electron chi connectivity index (χ1n) is 19.6. The Kier molecular flexibility index (Phi) is 36.2. The molecule has 0 saturated heterocycles. The summed E-state index contributed by atoms with van der Waals surface area (Å²) in [5.74, 6) is -0.0150. The Morgan fingerprint density at radius 3 is 1.00 bits per heavy atom. The molecule has 0 N–H and O–H groups in total. The zero-order chi connectivity index (χ0) is 32.2. The molecule has 0 aromatic heterocycles. The topological polar surface area (TPSA) is 52.6 Å². The molecule has 0 radical (unpaired) electrons. The number of unbranched alkanes of at least 4 members (excludes halogenated alkanes) is 28. The molecular weight excluding hydrogens is 564 g/mol. The summed E-state index contributed by atoms with van der Waals surface area (Å²) in [4.78, 5) is 24.3. The quantitative estimate of drug-likeness (QED) is 0.0420. The first-order chi connectivity index (χ1) is 21.6. The fraction of sp³-hybridized carbons (Fsp3) is 0.949. The lowest BCUT2D eigenvalue weighted by Crippen LogP contribution is -2.26. The second-order valence-electron chi connectivity index (χ2n) is 13.4. The average Bonchev–Trinajstić information content (AvgIpc) is 3.02. The third kappa shape index (κ3) is 34.2. The molecule has 0 aliphatic rings. The molecule has 0 bridgehead atoms. The summed E-state index contributed by atoms with van der Waals surface area (Å²) in [7, 11) is 0. The molecule has 0 aliphatic carbocycles. The molecule has 0 spiro atoms. The largest absolute Gasteiger partial charge is 0.462 e. The van der Waals surface area contributed by atoms with Crippen LogP contribution in [0.3, 0.4) is 0 Å². The van der Waals surface area contributed by atoms with Crippen molar-refractivity contribution in [2.75, 3.05) is 12.4 Å². The van der Waals surface area contributed by atoms with E-state index < -0.39 is 6.10 Å². The second-order valence-corrected chi connectivity index (χ2v) is 13.7. The molecule has 0 heterocycles. The average molecular weight is 641 g/mol. The van der Waals surface area contributed by atoms with Crippen LogP contribution in [0.4, 0.5) is 0 Å². The highest BCUT2D eigenvalue weighted by atomic mass is 32.1. The molecule has 262 valence electrons. The summed E-state index contributed by atoms with van der Waals surface area (Å²) in [5.41, 5.74) is 0. The minimum atomic E-state index is -0.452. The van der Waals surface area contributed by atoms with E-state index in [1.165, 1.54) is 167 Å². The fourth-order valence-corrected chi connectivity index (χ4v) is 6.09. The van der Waals surface area contributed by atoms with Crippen LogP contribution in [0, 0.1) is 0 Å². The predicted octanol–water partition coefficient (Wildman–Crippen LogP) is 12.9. The third-order valence-corrected chi connectivity index (χ3v) is 9.31. The van der Waals surface area contributed by atoms with E-state index in [0.29, 0.717) is 18.6 Å². The number of hydrogen-bond donors (Lipinski definition) is 1. The standard InChI is InChI=1S/C39H76O4S/c1-3-5-7-9-11-13-15-17-19-21-23-25-27-29-31-33-38(40)42-35-37(36-44)43-39(41)34-32-30-28-26-24-22-20-18-16-14-12-10-8-6-4-2/h37,44H,3-36H2,1-2H3/t37-/m1/s1. The minimum Gasteiger partial charge on any atom is -0.462 e. The number of ether oxygens (including phenoxy) is 2. The van der Waals surface area contributed by atoms with Gasteiger partial charge in [0, 0.05) is 18.6 Å². The second kappa shape index (κ2) is 36.8. The zero-order valence-electron chi connectivity index (χ0n) is 29.7. The molecule has 1 atom stereocenters. The van der Waals surface area contributed by atoms with Crippen molar-refractivity contribution in [3.8, 4) is 0 Å². The molecule has 0 aliphatic heterocycles. The maximum atomic E-state index is 12.2. The maximum absolute atomic E-state index is 12.2. The number of carbonyl (C=O) groups excluding carboxylic acids is 2. The van der Waals surface area contributed by atoms with Gasteiger partial charge in [-0.25, -0.2) is 0 Å². The van der Waals surface area contributed by atoms with Crippen molar-refractivity contribution in [2.24, 2.45) is 0 Å². The van der Waals surface area contributed by atoms with Gasteiger partial charge in [-0.1, -0.05) is 194 Å². The van der Waals surface area contributed by atoms with Gasteiger partial charge in [0.1, 0.15) is 12.7 Å². The van der Waals surface area contributed by atoms with E-state index in [2.05, 4.69) is 26.5 Å². The molecule has 0 aromatic carbocycles. The lowest BCUT2D eigenvalue weighted by atomic mass is 10.0. The third-order valence-electron chi connectivity index (χ3n) is 8.90. The Labute approximate surface area is 280 Å². The first kappa shape index (κ1) is 43.3. The van der Waals surface area contributed by atoms with Crippen LogP contribution >= 0.6 is 12.6 Å². The van der Waals surface area contributed by atoms with Gasteiger partial charge >= 0.3 is 11.9 Å². The van der Waals surface area contributed by atoms with E-state index in [1.807, 2.05) is 0 Å². The van der Waals surface area contributed by atoms with Crippen LogP contribution in [0.1, 0.15) is 219 Å². The Bertz CT molecular complexity index is 597. The van der Waals surface area contributed by atoms with E-state index >= 15 is 0 Å². The van der Waals surface area contributed by atoms with Crippen LogP contribution < -0.4 is 0 Å². The van der Waals surface area contributed by atoms with Gasteiger partial charge in [-0.15, -0.1) is 0 Å². The molecule has 0 aromatic rings. The van der Waals surface area contributed by atoms with Crippen molar-refractivity contribution in [2.45, 2.75) is 225 Å². The van der Waals surface area contributed by atoms with Crippen LogP contribution in [0.5, 0.6) is 0 Å². The highest BCUT2D eigenvalue weighted by molar-refractivity contribution is 7.80. The lowest BCUT2D eigenvalue weighted by Gasteiger charge is -2.16. The minimum absolute atomic E-state index is 0.117. The molecule has 0 rings (SSSR count). The van der Waals surface area contributed by atoms with Gasteiger partial charge in [-0.3, -0.25) is 9.59 Å². The number of esters is 2. The van der Waals surface area contributed by atoms with Crippen molar-refractivity contribution in [3.05, 3.63) is 0 Å².